The fourth-order valence-electron chi connectivity index (χ4n) is 2.79. The van der Waals surface area contributed by atoms with Crippen LogP contribution in [-0.2, 0) is 4.79 Å². The number of aliphatic imine (C=N–C) groups is 2. The number of carbonyl (C=O) groups is 1. The smallest absolute Gasteiger partial charge is 0.234 e. The van der Waals surface area contributed by atoms with E-state index >= 15 is 0 Å². The number of thioether (sulfide) groups is 1. The first-order valence-corrected chi connectivity index (χ1v) is 11.0. The molecule has 1 heterocycles. The van der Waals surface area contributed by atoms with Crippen LogP contribution in [0.2, 0.25) is 0 Å². The van der Waals surface area contributed by atoms with Crippen molar-refractivity contribution in [2.24, 2.45) is 9.98 Å². The summed E-state index contributed by atoms with van der Waals surface area (Å²) in [5, 5.41) is 3.79. The largest absolute Gasteiger partial charge is 0.325 e. The molecule has 2 aromatic rings. The van der Waals surface area contributed by atoms with Gasteiger partial charge in [0.15, 0.2) is 0 Å². The van der Waals surface area contributed by atoms with Crippen molar-refractivity contribution in [1.82, 2.24) is 0 Å². The standard InChI is InChI=1S/C22H24BrN3OS/c1-5-22(4)25-20(16-7-9-17(23)10-8-16)21(26-22)28-13-19(27)24-18-11-6-14(2)15(3)12-18/h6-12H,5,13H2,1-4H3,(H,24,27)/t22-/m1/s1. The second kappa shape index (κ2) is 8.62. The van der Waals surface area contributed by atoms with Crippen LogP contribution in [0, 0.1) is 13.8 Å². The summed E-state index contributed by atoms with van der Waals surface area (Å²) in [5.74, 6) is 0.248. The maximum atomic E-state index is 12.5. The zero-order valence-electron chi connectivity index (χ0n) is 16.5. The molecular formula is C22H24BrN3OS. The van der Waals surface area contributed by atoms with Crippen LogP contribution in [0.5, 0.6) is 0 Å². The van der Waals surface area contributed by atoms with E-state index in [1.54, 1.807) is 0 Å². The van der Waals surface area contributed by atoms with E-state index in [-0.39, 0.29) is 5.91 Å². The van der Waals surface area contributed by atoms with E-state index < -0.39 is 5.66 Å². The van der Waals surface area contributed by atoms with Gasteiger partial charge in [0.25, 0.3) is 0 Å². The molecular weight excluding hydrogens is 434 g/mol. The quantitative estimate of drug-likeness (QED) is 0.619. The number of amides is 1. The monoisotopic (exact) mass is 457 g/mol. The number of benzene rings is 2. The number of nitrogens with zero attached hydrogens (tertiary/aromatic N) is 2. The van der Waals surface area contributed by atoms with Crippen LogP contribution in [0.3, 0.4) is 0 Å². The molecule has 4 nitrogen and oxygen atoms in total. The number of hydrogen-bond donors (Lipinski definition) is 1. The highest BCUT2D eigenvalue weighted by Crippen LogP contribution is 2.30. The first kappa shape index (κ1) is 20.8. The Morgan fingerprint density at radius 3 is 2.46 bits per heavy atom. The molecule has 0 fully saturated rings. The van der Waals surface area contributed by atoms with Gasteiger partial charge in [-0.05, 0) is 62.6 Å². The van der Waals surface area contributed by atoms with Gasteiger partial charge in [-0.15, -0.1) is 0 Å². The van der Waals surface area contributed by atoms with E-state index in [9.17, 15) is 4.79 Å². The van der Waals surface area contributed by atoms with Crippen LogP contribution in [0.25, 0.3) is 0 Å². The summed E-state index contributed by atoms with van der Waals surface area (Å²) in [5.41, 5.74) is 4.61. The lowest BCUT2D eigenvalue weighted by atomic mass is 10.1. The summed E-state index contributed by atoms with van der Waals surface area (Å²) < 4.78 is 1.02. The van der Waals surface area contributed by atoms with Crippen molar-refractivity contribution in [3.63, 3.8) is 0 Å². The molecule has 3 rings (SSSR count). The number of rotatable bonds is 5. The Bertz CT molecular complexity index is 953. The number of aryl methyl sites for hydroxylation is 2. The van der Waals surface area contributed by atoms with E-state index in [2.05, 4.69) is 35.1 Å². The minimum atomic E-state index is -0.463. The summed E-state index contributed by atoms with van der Waals surface area (Å²) in [6, 6.07) is 14.0. The molecule has 6 heteroatoms. The average Bonchev–Trinajstić information content (AvgIpc) is 3.01. The zero-order chi connectivity index (χ0) is 20.3. The van der Waals surface area contributed by atoms with Gasteiger partial charge >= 0.3 is 0 Å². The predicted octanol–water partition coefficient (Wildman–Crippen LogP) is 5.77. The van der Waals surface area contributed by atoms with E-state index in [1.807, 2.05) is 56.3 Å². The second-order valence-corrected chi connectivity index (χ2v) is 8.97. The Labute approximate surface area is 179 Å². The molecule has 1 aliphatic rings. The summed E-state index contributed by atoms with van der Waals surface area (Å²) in [6.45, 7) is 8.20. The van der Waals surface area contributed by atoms with Crippen LogP contribution in [0.1, 0.15) is 37.0 Å². The Balaban J connectivity index is 1.71. The molecule has 0 bridgehead atoms. The molecule has 146 valence electrons. The van der Waals surface area contributed by atoms with Gasteiger partial charge in [-0.2, -0.15) is 0 Å². The predicted molar refractivity (Wildman–Crippen MR) is 124 cm³/mol. The molecule has 0 aromatic heterocycles. The van der Waals surface area contributed by atoms with E-state index in [4.69, 9.17) is 9.98 Å². The van der Waals surface area contributed by atoms with E-state index in [1.165, 1.54) is 17.3 Å². The third kappa shape index (κ3) is 4.92. The highest BCUT2D eigenvalue weighted by atomic mass is 79.9. The summed E-state index contributed by atoms with van der Waals surface area (Å²) in [6.07, 6.45) is 0.811. The molecule has 0 aliphatic carbocycles. The van der Waals surface area contributed by atoms with Gasteiger partial charge < -0.3 is 5.32 Å². The fourth-order valence-corrected chi connectivity index (χ4v) is 3.96. The number of anilines is 1. The lowest BCUT2D eigenvalue weighted by molar-refractivity contribution is -0.113. The van der Waals surface area contributed by atoms with Gasteiger partial charge in [0.05, 0.1) is 11.5 Å². The Morgan fingerprint density at radius 2 is 1.82 bits per heavy atom. The number of nitrogens with one attached hydrogen (secondary N) is 1. The highest BCUT2D eigenvalue weighted by molar-refractivity contribution is 9.10. The lowest BCUT2D eigenvalue weighted by Gasteiger charge is -2.13. The molecule has 0 saturated carbocycles. The van der Waals surface area contributed by atoms with Crippen LogP contribution >= 0.6 is 27.7 Å². The number of hydrogen-bond acceptors (Lipinski definition) is 4. The van der Waals surface area contributed by atoms with Gasteiger partial charge in [0, 0.05) is 15.7 Å². The van der Waals surface area contributed by atoms with Crippen molar-refractivity contribution in [2.75, 3.05) is 11.1 Å². The number of halogens is 1. The molecule has 1 amide bonds. The summed E-state index contributed by atoms with van der Waals surface area (Å²) in [7, 11) is 0. The zero-order valence-corrected chi connectivity index (χ0v) is 18.9. The maximum Gasteiger partial charge on any atom is 0.234 e. The SMILES string of the molecule is CC[C@@]1(C)N=C(SCC(=O)Nc2ccc(C)c(C)c2)C(c2ccc(Br)cc2)=N1. The highest BCUT2D eigenvalue weighted by Gasteiger charge is 2.31. The molecule has 2 aromatic carbocycles. The van der Waals surface area contributed by atoms with Crippen molar-refractivity contribution in [1.29, 1.82) is 0 Å². The normalized spacial score (nSPS) is 18.6. The van der Waals surface area contributed by atoms with Crippen LogP contribution in [0.4, 0.5) is 5.69 Å². The molecule has 1 atom stereocenters. The Morgan fingerprint density at radius 1 is 1.11 bits per heavy atom. The van der Waals surface area contributed by atoms with Crippen molar-refractivity contribution >= 4 is 50.0 Å². The third-order valence-electron chi connectivity index (χ3n) is 4.82. The minimum Gasteiger partial charge on any atom is -0.325 e. The molecule has 1 N–H and O–H groups in total. The van der Waals surface area contributed by atoms with Gasteiger partial charge in [0.2, 0.25) is 5.91 Å². The fraction of sp³-hybridized carbons (Fsp3) is 0.318. The number of carbonyl (C=O) groups excluding carboxylic acids is 1. The minimum absolute atomic E-state index is 0.0452. The second-order valence-electron chi connectivity index (χ2n) is 7.09. The molecule has 0 saturated heterocycles. The molecule has 28 heavy (non-hydrogen) atoms. The lowest BCUT2D eigenvalue weighted by Crippen LogP contribution is -2.17. The molecule has 0 spiro atoms. The molecule has 0 unspecified atom stereocenters. The van der Waals surface area contributed by atoms with Gasteiger partial charge in [-0.3, -0.25) is 9.79 Å². The average molecular weight is 458 g/mol. The molecule has 0 radical (unpaired) electrons. The van der Waals surface area contributed by atoms with Crippen LogP contribution in [0.15, 0.2) is 56.9 Å². The topological polar surface area (TPSA) is 53.8 Å². The van der Waals surface area contributed by atoms with Gasteiger partial charge in [-0.25, -0.2) is 4.99 Å². The van der Waals surface area contributed by atoms with Crippen molar-refractivity contribution in [3.05, 3.63) is 63.6 Å². The Hall–Kier alpha value is -1.92. The van der Waals surface area contributed by atoms with E-state index in [0.29, 0.717) is 5.75 Å². The van der Waals surface area contributed by atoms with Gasteiger partial charge in [0.1, 0.15) is 10.7 Å². The third-order valence-corrected chi connectivity index (χ3v) is 6.31. The summed E-state index contributed by atoms with van der Waals surface area (Å²) in [4.78, 5) is 22.1. The van der Waals surface area contributed by atoms with Crippen LogP contribution in [-0.4, -0.2) is 28.1 Å². The van der Waals surface area contributed by atoms with Crippen LogP contribution < -0.4 is 5.32 Å². The van der Waals surface area contributed by atoms with Crippen molar-refractivity contribution < 1.29 is 4.79 Å². The summed E-state index contributed by atoms with van der Waals surface area (Å²) >= 11 is 4.91. The Kier molecular flexibility index (Phi) is 6.40. The van der Waals surface area contributed by atoms with E-state index in [0.717, 1.165) is 38.5 Å². The van der Waals surface area contributed by atoms with Crippen molar-refractivity contribution in [2.45, 2.75) is 39.8 Å². The first-order chi connectivity index (χ1) is 13.3. The first-order valence-electron chi connectivity index (χ1n) is 9.25. The molecule has 1 aliphatic heterocycles. The van der Waals surface area contributed by atoms with Crippen molar-refractivity contribution in [3.8, 4) is 0 Å². The van der Waals surface area contributed by atoms with Gasteiger partial charge in [-0.1, -0.05) is 52.8 Å². The maximum absolute atomic E-state index is 12.5.